The van der Waals surface area contributed by atoms with Gasteiger partial charge in [-0.3, -0.25) is 49.9 Å². The van der Waals surface area contributed by atoms with Crippen LogP contribution in [0.3, 0.4) is 0 Å². The minimum atomic E-state index is -4.51. The molecular weight excluding hydrogens is 1710 g/mol. The first kappa shape index (κ1) is 93.1. The maximum atomic E-state index is 13.9. The van der Waals surface area contributed by atoms with Gasteiger partial charge in [0.15, 0.2) is 17.3 Å². The molecule has 0 amide bonds. The number of terminal acetylenes is 2. The van der Waals surface area contributed by atoms with Gasteiger partial charge in [0.1, 0.15) is 30.7 Å². The van der Waals surface area contributed by atoms with Gasteiger partial charge in [0.25, 0.3) is 0 Å². The van der Waals surface area contributed by atoms with E-state index in [2.05, 4.69) is 116 Å². The van der Waals surface area contributed by atoms with Crippen LogP contribution < -0.4 is 9.81 Å². The molecule has 3 fully saturated rings. The van der Waals surface area contributed by atoms with E-state index < -0.39 is 43.3 Å². The van der Waals surface area contributed by atoms with E-state index in [0.29, 0.717) is 73.9 Å². The third-order valence-corrected chi connectivity index (χ3v) is 22.8. The molecule has 600 valence electrons. The van der Waals surface area contributed by atoms with Crippen LogP contribution in [0.4, 0.5) is 39.5 Å². The summed E-state index contributed by atoms with van der Waals surface area (Å²) in [6, 6.07) is 28.2. The van der Waals surface area contributed by atoms with Crippen molar-refractivity contribution in [3.8, 4) is 36.2 Å². The van der Waals surface area contributed by atoms with Crippen molar-refractivity contribution in [3.63, 3.8) is 0 Å². The third kappa shape index (κ3) is 30.5. The molecule has 2 aromatic heterocycles. The number of aromatic nitrogens is 2. The van der Waals surface area contributed by atoms with Crippen LogP contribution in [0.25, 0.3) is 0 Å². The smallest absolute Gasteiger partial charge is 0.441 e. The van der Waals surface area contributed by atoms with Crippen molar-refractivity contribution >= 4 is 124 Å². The van der Waals surface area contributed by atoms with Crippen LogP contribution in [0.2, 0.25) is 19.6 Å². The number of carbonyl (C=O) groups is 3. The maximum absolute atomic E-state index is 13.9. The first-order valence-corrected chi connectivity index (χ1v) is 43.2. The highest BCUT2D eigenvalue weighted by Crippen LogP contribution is 2.37. The van der Waals surface area contributed by atoms with Gasteiger partial charge in [0.2, 0.25) is 0 Å². The topological polar surface area (TPSA) is 163 Å². The van der Waals surface area contributed by atoms with Crippen LogP contribution in [-0.2, 0) is 66.7 Å². The number of nitrogens with one attached hydrogen (secondary N) is 2. The number of ketones is 3. The monoisotopic (exact) mass is 1800 g/mol. The predicted octanol–water partition coefficient (Wildman–Crippen LogP) is 15.1. The second-order valence-electron chi connectivity index (χ2n) is 28.6. The average Bonchev–Trinajstić information content (AvgIpc) is 1.03. The summed E-state index contributed by atoms with van der Waals surface area (Å²) in [5.41, 5.74) is 7.75. The number of hydrogen-bond donors (Lipinski definition) is 2. The molecule has 0 aliphatic carbocycles. The second kappa shape index (κ2) is 43.7. The van der Waals surface area contributed by atoms with Crippen LogP contribution in [0.15, 0.2) is 125 Å². The number of likely N-dealkylation sites (N-methyl/N-ethyl adjacent to an activating group) is 3. The summed E-state index contributed by atoms with van der Waals surface area (Å²) in [5.74, 6) is 7.74. The molecule has 0 bridgehead atoms. The first-order chi connectivity index (χ1) is 53.8. The quantitative estimate of drug-likeness (QED) is 0.0133. The minimum absolute atomic E-state index is 0.0280. The molecule has 11 rings (SSSR count). The van der Waals surface area contributed by atoms with Gasteiger partial charge in [0, 0.05) is 149 Å². The zero-order chi connectivity index (χ0) is 83.7. The summed E-state index contributed by atoms with van der Waals surface area (Å²) in [4.78, 5) is 61.1. The van der Waals surface area contributed by atoms with Gasteiger partial charge in [-0.05, 0) is 173 Å². The maximum Gasteiger partial charge on any atom is 0.441 e. The number of piperazine rings is 3. The largest absolute Gasteiger partial charge is 0.548 e. The standard InChI is InChI=1S/C28H27BF3N4O2S.C24H25F3N2O.C22H24F3IN2O.C5H10Si.C4H3BBrN2OS/c1-19-3-5-22(15-21(19)7-8-24-16-34-27(39-24)29-38-18-33)26(37)14-20-4-6-23(25(13-20)28(30,31)32)17-36-11-9-35(2)10-12-36;1-4-19-15-20(7-5-17(19)2)23(30)14-18-6-8-21(22(13-18)24(25,26)27)16-29-11-9-28(3)10-12-29;1-15-3-5-18(12-20(15)26)21(29)13-17-6-4-16(11-19(17)22(23,24)25)14-28-9-7-27(2)8-10-28;1-5-6(2,3)4;6-3-1-8-4(10-3)5-9-2-7/h3-6,13,15-16,18,33H,9-12,14,17H2,1-2H3;1,5-8,13,15H,9-12,14,16H2,2-3H3;3-6,11-12H,7-10,13-14H2,1-2H3;1H,2-4H3;1-2,7H. The number of halogens is 11. The SMILES string of the molecule is C#C[Si](C)(C)C.C#Cc1cc(C(=O)Cc2ccc(CN3CCN(C)CC3)c(C(F)(F)F)c2)ccc1C.Cc1ccc(C(=O)Cc2ccc(CN3CCN(C)CC3)c(C(F)(F)F)c2)cc1C#Cc1cnc([B]OC=N)s1.Cc1ccc(C(=O)Cc2ccc(CN3CCN(C)CC3)cc2C(F)(F)F)cc1I.N=CO[B]c1ncc(Br)s1. The predicted molar refractivity (Wildman–Crippen MR) is 452 cm³/mol. The fourth-order valence-electron chi connectivity index (χ4n) is 11.7. The number of carbonyl (C=O) groups excluding carboxylic acids is 3. The number of benzene rings is 6. The summed E-state index contributed by atoms with van der Waals surface area (Å²) in [7, 11) is 7.71. The van der Waals surface area contributed by atoms with Gasteiger partial charge in [0.05, 0.1) is 37.7 Å². The summed E-state index contributed by atoms with van der Waals surface area (Å²) in [6.07, 6.45) is 1.51. The van der Waals surface area contributed by atoms with Crippen molar-refractivity contribution in [1.82, 2.24) is 39.4 Å². The molecule has 0 saturated carbocycles. The highest BCUT2D eigenvalue weighted by molar-refractivity contribution is 14.1. The Kier molecular flexibility index (Phi) is 35.7. The van der Waals surface area contributed by atoms with Crippen molar-refractivity contribution < 1.29 is 63.2 Å². The minimum Gasteiger partial charge on any atom is -0.548 e. The van der Waals surface area contributed by atoms with Crippen molar-refractivity contribution in [2.24, 2.45) is 0 Å². The van der Waals surface area contributed by atoms with Crippen LogP contribution in [0.1, 0.15) is 114 Å². The Morgan fingerprint density at radius 1 is 0.518 bits per heavy atom. The second-order valence-corrected chi connectivity index (χ2v) is 38.1. The van der Waals surface area contributed by atoms with Gasteiger partial charge < -0.3 is 24.0 Å². The molecule has 0 atom stereocenters. The fraction of sp³-hybridized carbons (Fsp3) is 0.361. The summed E-state index contributed by atoms with van der Waals surface area (Å²) >= 11 is 8.12. The lowest BCUT2D eigenvalue weighted by atomic mass is 9.96. The summed E-state index contributed by atoms with van der Waals surface area (Å²) in [5, 5.41) is 13.4. The van der Waals surface area contributed by atoms with Crippen LogP contribution in [0, 0.1) is 71.3 Å². The number of aryl methyl sites for hydroxylation is 3. The number of Topliss-reactive ketones (excluding diaryl/α,β-unsaturated/α-hetero) is 3. The summed E-state index contributed by atoms with van der Waals surface area (Å²) in [6.45, 7) is 22.8. The van der Waals surface area contributed by atoms with Gasteiger partial charge in [-0.25, -0.2) is 0 Å². The summed E-state index contributed by atoms with van der Waals surface area (Å²) < 4.78 is 135. The zero-order valence-electron chi connectivity index (χ0n) is 64.8. The van der Waals surface area contributed by atoms with E-state index in [1.807, 2.05) is 57.8 Å². The molecule has 3 aliphatic heterocycles. The fourth-order valence-corrected chi connectivity index (χ4v) is 14.0. The number of hydrogen-bond acceptors (Lipinski definition) is 17. The molecule has 2 N–H and O–H groups in total. The Hall–Kier alpha value is -8.10. The lowest BCUT2D eigenvalue weighted by molar-refractivity contribution is -0.139. The normalized spacial score (nSPS) is 14.5. The molecular formula is C83H89B2BrF9IN10O5S2Si. The number of thiazole rings is 2. The Morgan fingerprint density at radius 2 is 0.895 bits per heavy atom. The molecule has 31 heteroatoms. The van der Waals surface area contributed by atoms with Crippen LogP contribution in [0.5, 0.6) is 0 Å². The van der Waals surface area contributed by atoms with E-state index in [4.69, 9.17) is 28.3 Å². The van der Waals surface area contributed by atoms with Gasteiger partial charge in [-0.2, -0.15) is 39.5 Å². The lowest BCUT2D eigenvalue weighted by Gasteiger charge is -2.33. The van der Waals surface area contributed by atoms with Gasteiger partial charge in [-0.1, -0.05) is 104 Å². The Balaban J connectivity index is 0.000000217. The molecule has 0 spiro atoms. The Labute approximate surface area is 694 Å². The van der Waals surface area contributed by atoms with Crippen molar-refractivity contribution in [1.29, 1.82) is 10.8 Å². The van der Waals surface area contributed by atoms with Gasteiger partial charge >= 0.3 is 33.5 Å². The third-order valence-electron chi connectivity index (χ3n) is 18.5. The molecule has 6 aromatic carbocycles. The average molecular weight is 1800 g/mol. The number of alkyl halides is 9. The molecule has 0 unspecified atom stereocenters. The molecule has 114 heavy (non-hydrogen) atoms. The Bertz CT molecular complexity index is 4780. The van der Waals surface area contributed by atoms with Crippen molar-refractivity contribution in [2.45, 2.75) is 97.8 Å². The van der Waals surface area contributed by atoms with E-state index in [9.17, 15) is 53.9 Å². The highest BCUT2D eigenvalue weighted by atomic mass is 127. The van der Waals surface area contributed by atoms with E-state index in [1.54, 1.807) is 79.1 Å². The van der Waals surface area contributed by atoms with Crippen LogP contribution in [-0.4, -0.2) is 192 Å². The number of nitrogens with zero attached hydrogens (tertiary/aromatic N) is 8. The molecule has 2 radical (unpaired) electrons. The lowest BCUT2D eigenvalue weighted by Crippen LogP contribution is -2.44. The number of rotatable bonds is 21. The molecule has 3 saturated heterocycles. The first-order valence-electron chi connectivity index (χ1n) is 36.2. The van der Waals surface area contributed by atoms with E-state index in [0.717, 1.165) is 119 Å². The van der Waals surface area contributed by atoms with Gasteiger partial charge in [-0.15, -0.1) is 41.1 Å². The van der Waals surface area contributed by atoms with Crippen molar-refractivity contribution in [3.05, 3.63) is 228 Å². The molecule has 3 aliphatic rings. The van der Waals surface area contributed by atoms with Crippen molar-refractivity contribution in [2.75, 3.05) is 99.7 Å². The molecule has 8 aromatic rings. The molecule has 15 nitrogen and oxygen atoms in total. The molecule has 5 heterocycles. The van der Waals surface area contributed by atoms with E-state index in [-0.39, 0.29) is 66.4 Å². The highest BCUT2D eigenvalue weighted by Gasteiger charge is 2.37. The Morgan fingerprint density at radius 3 is 1.32 bits per heavy atom. The zero-order valence-corrected chi connectivity index (χ0v) is 71.2. The van der Waals surface area contributed by atoms with Crippen LogP contribution >= 0.6 is 61.2 Å². The van der Waals surface area contributed by atoms with E-state index >= 15 is 0 Å². The van der Waals surface area contributed by atoms with E-state index in [1.165, 1.54) is 61.9 Å².